The van der Waals surface area contributed by atoms with Gasteiger partial charge in [-0.2, -0.15) is 0 Å². The topological polar surface area (TPSA) is 49.6 Å². The third kappa shape index (κ3) is 3.68. The summed E-state index contributed by atoms with van der Waals surface area (Å²) in [5, 5.41) is 0. The molecule has 0 aromatic carbocycles. The summed E-state index contributed by atoms with van der Waals surface area (Å²) in [5.74, 6) is 0.0674. The first-order valence-corrected chi connectivity index (χ1v) is 6.44. The summed E-state index contributed by atoms with van der Waals surface area (Å²) in [6, 6.07) is -0.102. The van der Waals surface area contributed by atoms with Gasteiger partial charge in [-0.25, -0.2) is 0 Å². The van der Waals surface area contributed by atoms with Crippen molar-refractivity contribution in [1.82, 2.24) is 9.80 Å². The fourth-order valence-corrected chi connectivity index (χ4v) is 2.23. The minimum atomic E-state index is -0.417. The maximum absolute atomic E-state index is 12.3. The number of carbonyl (C=O) groups is 1. The van der Waals surface area contributed by atoms with E-state index >= 15 is 0 Å². The van der Waals surface area contributed by atoms with Crippen LogP contribution in [0, 0.1) is 5.41 Å². The molecule has 0 radical (unpaired) electrons. The van der Waals surface area contributed by atoms with Crippen LogP contribution in [0.4, 0.5) is 0 Å². The highest BCUT2D eigenvalue weighted by Crippen LogP contribution is 2.21. The Morgan fingerprint density at radius 1 is 1.47 bits per heavy atom. The number of carbonyl (C=O) groups excluding carboxylic acids is 1. The number of rotatable bonds is 2. The van der Waals surface area contributed by atoms with Gasteiger partial charge in [0, 0.05) is 19.6 Å². The molecule has 0 saturated carbocycles. The number of amides is 1. The van der Waals surface area contributed by atoms with E-state index in [0.29, 0.717) is 6.04 Å². The quantitative estimate of drug-likeness (QED) is 0.782. The van der Waals surface area contributed by atoms with Gasteiger partial charge in [-0.1, -0.05) is 20.8 Å². The maximum atomic E-state index is 12.3. The highest BCUT2D eigenvalue weighted by atomic mass is 16.2. The van der Waals surface area contributed by atoms with Crippen molar-refractivity contribution >= 4 is 5.91 Å². The molecular weight excluding hydrogens is 214 g/mol. The molecule has 1 aliphatic rings. The van der Waals surface area contributed by atoms with Gasteiger partial charge in [-0.3, -0.25) is 4.79 Å². The lowest BCUT2D eigenvalue weighted by atomic mass is 9.86. The van der Waals surface area contributed by atoms with Gasteiger partial charge in [0.25, 0.3) is 0 Å². The maximum Gasteiger partial charge on any atom is 0.240 e. The number of nitrogens with two attached hydrogens (primary N) is 1. The standard InChI is InChI=1S/C13H27N3O/c1-13(2,3)11(14)12(17)16(5)10-7-6-8-15(4)9-10/h10-11H,6-9,14H2,1-5H3. The Bertz CT molecular complexity index is 272. The summed E-state index contributed by atoms with van der Waals surface area (Å²) in [4.78, 5) is 16.4. The lowest BCUT2D eigenvalue weighted by Crippen LogP contribution is -2.55. The second-order valence-corrected chi connectivity index (χ2v) is 6.35. The molecule has 1 fully saturated rings. The van der Waals surface area contributed by atoms with Crippen LogP contribution in [-0.4, -0.2) is 55.0 Å². The van der Waals surface area contributed by atoms with Crippen LogP contribution in [0.5, 0.6) is 0 Å². The molecule has 0 spiro atoms. The first-order chi connectivity index (χ1) is 7.73. The molecule has 2 unspecified atom stereocenters. The van der Waals surface area contributed by atoms with Crippen LogP contribution in [0.15, 0.2) is 0 Å². The van der Waals surface area contributed by atoms with Crippen molar-refractivity contribution in [2.24, 2.45) is 11.1 Å². The molecule has 100 valence electrons. The Morgan fingerprint density at radius 2 is 2.06 bits per heavy atom. The monoisotopic (exact) mass is 241 g/mol. The lowest BCUT2D eigenvalue weighted by molar-refractivity contribution is -0.136. The Balaban J connectivity index is 2.63. The number of hydrogen-bond acceptors (Lipinski definition) is 3. The highest BCUT2D eigenvalue weighted by molar-refractivity contribution is 5.82. The molecule has 17 heavy (non-hydrogen) atoms. The predicted octanol–water partition coefficient (Wildman–Crippen LogP) is 0.912. The number of piperidine rings is 1. The van der Waals surface area contributed by atoms with Gasteiger partial charge >= 0.3 is 0 Å². The van der Waals surface area contributed by atoms with Crippen LogP contribution in [0.2, 0.25) is 0 Å². The van der Waals surface area contributed by atoms with Crippen LogP contribution in [-0.2, 0) is 4.79 Å². The van der Waals surface area contributed by atoms with Gasteiger partial charge in [-0.15, -0.1) is 0 Å². The van der Waals surface area contributed by atoms with Crippen molar-refractivity contribution < 1.29 is 4.79 Å². The van der Waals surface area contributed by atoms with E-state index in [4.69, 9.17) is 5.73 Å². The Hall–Kier alpha value is -0.610. The van der Waals surface area contributed by atoms with Crippen molar-refractivity contribution in [3.05, 3.63) is 0 Å². The summed E-state index contributed by atoms with van der Waals surface area (Å²) < 4.78 is 0. The Morgan fingerprint density at radius 3 is 2.53 bits per heavy atom. The average Bonchev–Trinajstić information content (AvgIpc) is 2.25. The van der Waals surface area contributed by atoms with Crippen LogP contribution in [0.3, 0.4) is 0 Å². The van der Waals surface area contributed by atoms with Gasteiger partial charge in [0.1, 0.15) is 0 Å². The fourth-order valence-electron chi connectivity index (χ4n) is 2.23. The van der Waals surface area contributed by atoms with Gasteiger partial charge in [0.05, 0.1) is 6.04 Å². The van der Waals surface area contributed by atoms with E-state index < -0.39 is 6.04 Å². The molecule has 1 amide bonds. The van der Waals surface area contributed by atoms with E-state index in [0.717, 1.165) is 25.9 Å². The van der Waals surface area contributed by atoms with E-state index in [-0.39, 0.29) is 11.3 Å². The third-order valence-electron chi connectivity index (χ3n) is 3.69. The lowest BCUT2D eigenvalue weighted by Gasteiger charge is -2.38. The van der Waals surface area contributed by atoms with E-state index in [1.165, 1.54) is 0 Å². The van der Waals surface area contributed by atoms with Crippen molar-refractivity contribution in [2.75, 3.05) is 27.2 Å². The zero-order valence-corrected chi connectivity index (χ0v) is 11.9. The molecule has 4 heteroatoms. The summed E-state index contributed by atoms with van der Waals surface area (Å²) in [5.41, 5.74) is 5.86. The van der Waals surface area contributed by atoms with Crippen LogP contribution in [0.25, 0.3) is 0 Å². The first-order valence-electron chi connectivity index (χ1n) is 6.44. The smallest absolute Gasteiger partial charge is 0.240 e. The van der Waals surface area contributed by atoms with Crippen molar-refractivity contribution in [3.8, 4) is 0 Å². The zero-order valence-electron chi connectivity index (χ0n) is 11.9. The zero-order chi connectivity index (χ0) is 13.2. The molecule has 1 aliphatic heterocycles. The van der Waals surface area contributed by atoms with E-state index in [2.05, 4.69) is 11.9 Å². The Labute approximate surface area is 105 Å². The summed E-state index contributed by atoms with van der Waals surface area (Å²) >= 11 is 0. The molecule has 1 saturated heterocycles. The number of nitrogens with zero attached hydrogens (tertiary/aromatic N) is 2. The third-order valence-corrected chi connectivity index (χ3v) is 3.69. The summed E-state index contributed by atoms with van der Waals surface area (Å²) in [7, 11) is 3.99. The second kappa shape index (κ2) is 5.36. The second-order valence-electron chi connectivity index (χ2n) is 6.35. The van der Waals surface area contributed by atoms with Gasteiger partial charge in [0.2, 0.25) is 5.91 Å². The van der Waals surface area contributed by atoms with Crippen LogP contribution < -0.4 is 5.73 Å². The molecular formula is C13H27N3O. The largest absolute Gasteiger partial charge is 0.340 e. The minimum Gasteiger partial charge on any atom is -0.340 e. The highest BCUT2D eigenvalue weighted by Gasteiger charge is 2.33. The molecule has 2 atom stereocenters. The molecule has 1 heterocycles. The molecule has 0 bridgehead atoms. The molecule has 4 nitrogen and oxygen atoms in total. The van der Waals surface area contributed by atoms with Gasteiger partial charge in [0.15, 0.2) is 0 Å². The van der Waals surface area contributed by atoms with E-state index in [1.54, 1.807) is 0 Å². The number of likely N-dealkylation sites (tertiary alicyclic amines) is 1. The first kappa shape index (κ1) is 14.5. The van der Waals surface area contributed by atoms with E-state index in [9.17, 15) is 4.79 Å². The summed E-state index contributed by atoms with van der Waals surface area (Å²) in [6.07, 6.45) is 2.24. The van der Waals surface area contributed by atoms with Crippen molar-refractivity contribution in [1.29, 1.82) is 0 Å². The fraction of sp³-hybridized carbons (Fsp3) is 0.923. The average molecular weight is 241 g/mol. The Kier molecular flexibility index (Phi) is 4.55. The molecule has 2 N–H and O–H groups in total. The normalized spacial score (nSPS) is 24.5. The van der Waals surface area contributed by atoms with Gasteiger partial charge in [-0.05, 0) is 31.8 Å². The van der Waals surface area contributed by atoms with Crippen LogP contribution in [0.1, 0.15) is 33.6 Å². The van der Waals surface area contributed by atoms with Crippen LogP contribution >= 0.6 is 0 Å². The molecule has 1 rings (SSSR count). The minimum absolute atomic E-state index is 0.0674. The number of hydrogen-bond donors (Lipinski definition) is 1. The molecule has 0 aromatic rings. The molecule has 0 aromatic heterocycles. The van der Waals surface area contributed by atoms with Gasteiger partial charge < -0.3 is 15.5 Å². The molecule has 0 aliphatic carbocycles. The SMILES string of the molecule is CN1CCCC(N(C)C(=O)C(N)C(C)(C)C)C1. The van der Waals surface area contributed by atoms with Crippen molar-refractivity contribution in [3.63, 3.8) is 0 Å². The van der Waals surface area contributed by atoms with Crippen molar-refractivity contribution in [2.45, 2.75) is 45.7 Å². The number of likely N-dealkylation sites (N-methyl/N-ethyl adjacent to an activating group) is 2. The van der Waals surface area contributed by atoms with E-state index in [1.807, 2.05) is 32.7 Å². The predicted molar refractivity (Wildman–Crippen MR) is 70.7 cm³/mol. The summed E-state index contributed by atoms with van der Waals surface area (Å²) in [6.45, 7) is 8.12.